The van der Waals surface area contributed by atoms with E-state index >= 15 is 0 Å². The first-order valence-electron chi connectivity index (χ1n) is 4.68. The van der Waals surface area contributed by atoms with Crippen LogP contribution in [-0.2, 0) is 15.1 Å². The van der Waals surface area contributed by atoms with Crippen molar-refractivity contribution in [2.75, 3.05) is 0 Å². The predicted molar refractivity (Wildman–Crippen MR) is 48.8 cm³/mol. The van der Waals surface area contributed by atoms with E-state index in [0.717, 1.165) is 6.07 Å². The molecule has 0 amide bonds. The van der Waals surface area contributed by atoms with Crippen LogP contribution in [0.5, 0.6) is 0 Å². The summed E-state index contributed by atoms with van der Waals surface area (Å²) in [5, 5.41) is 0. The van der Waals surface area contributed by atoms with Crippen LogP contribution in [0.1, 0.15) is 5.76 Å². The van der Waals surface area contributed by atoms with Crippen molar-refractivity contribution in [3.8, 4) is 0 Å². The van der Waals surface area contributed by atoms with E-state index in [-0.39, 0.29) is 0 Å². The maximum Gasteiger partial charge on any atom is 0.445 e. The van der Waals surface area contributed by atoms with Crippen LogP contribution in [0.2, 0.25) is 0 Å². The SMILES string of the molecule is C=C(F)C(=O)OC(c1ccco1)(C(F)(F)F)C(F)(F)F. The van der Waals surface area contributed by atoms with Gasteiger partial charge in [-0.2, -0.15) is 30.7 Å². The van der Waals surface area contributed by atoms with Crippen molar-refractivity contribution in [2.45, 2.75) is 18.0 Å². The summed E-state index contributed by atoms with van der Waals surface area (Å²) in [6.45, 7) is 2.28. The summed E-state index contributed by atoms with van der Waals surface area (Å²) in [5.41, 5.74) is -5.12. The lowest BCUT2D eigenvalue weighted by Gasteiger charge is -2.34. The molecule has 0 N–H and O–H groups in total. The minimum absolute atomic E-state index is 0.301. The molecule has 1 aromatic heterocycles. The Kier molecular flexibility index (Phi) is 3.88. The highest BCUT2D eigenvalue weighted by Gasteiger charge is 2.77. The molecular formula is C10H5F7O3. The zero-order valence-corrected chi connectivity index (χ0v) is 9.31. The first-order chi connectivity index (χ1) is 8.93. The van der Waals surface area contributed by atoms with E-state index in [0.29, 0.717) is 12.3 Å². The first-order valence-corrected chi connectivity index (χ1v) is 4.68. The molecule has 0 aromatic carbocycles. The Morgan fingerprint density at radius 1 is 1.15 bits per heavy atom. The number of furan rings is 1. The molecule has 0 bridgehead atoms. The van der Waals surface area contributed by atoms with Crippen molar-refractivity contribution in [1.82, 2.24) is 0 Å². The number of esters is 1. The Labute approximate surface area is 106 Å². The highest BCUT2D eigenvalue weighted by Crippen LogP contribution is 2.53. The van der Waals surface area contributed by atoms with Crippen LogP contribution in [0.15, 0.2) is 35.2 Å². The zero-order valence-electron chi connectivity index (χ0n) is 9.31. The molecule has 0 aliphatic heterocycles. The van der Waals surface area contributed by atoms with Gasteiger partial charge in [0.05, 0.1) is 6.26 Å². The number of carbonyl (C=O) groups excluding carboxylic acids is 1. The summed E-state index contributed by atoms with van der Waals surface area (Å²) in [6.07, 6.45) is -11.7. The van der Waals surface area contributed by atoms with Gasteiger partial charge in [-0.3, -0.25) is 0 Å². The molecule has 1 aromatic rings. The van der Waals surface area contributed by atoms with Crippen LogP contribution in [-0.4, -0.2) is 18.3 Å². The van der Waals surface area contributed by atoms with E-state index in [1.165, 1.54) is 0 Å². The minimum Gasteiger partial charge on any atom is -0.464 e. The predicted octanol–water partition coefficient (Wildman–Crippen LogP) is 3.63. The highest BCUT2D eigenvalue weighted by molar-refractivity contribution is 5.85. The first kappa shape index (κ1) is 16.1. The van der Waals surface area contributed by atoms with Gasteiger partial charge in [-0.15, -0.1) is 0 Å². The molecule has 20 heavy (non-hydrogen) atoms. The monoisotopic (exact) mass is 306 g/mol. The average Bonchev–Trinajstić information content (AvgIpc) is 2.74. The second kappa shape index (κ2) is 4.84. The third-order valence-corrected chi connectivity index (χ3v) is 2.13. The normalized spacial score (nSPS) is 13.2. The number of halogens is 7. The summed E-state index contributed by atoms with van der Waals surface area (Å²) in [7, 11) is 0. The van der Waals surface area contributed by atoms with Gasteiger partial charge < -0.3 is 9.15 Å². The second-order valence-corrected chi connectivity index (χ2v) is 3.45. The average molecular weight is 306 g/mol. The number of ether oxygens (including phenoxy) is 1. The van der Waals surface area contributed by atoms with Gasteiger partial charge >= 0.3 is 23.9 Å². The van der Waals surface area contributed by atoms with Gasteiger partial charge in [-0.1, -0.05) is 6.58 Å². The van der Waals surface area contributed by atoms with E-state index in [2.05, 4.69) is 15.7 Å². The number of hydrogen-bond acceptors (Lipinski definition) is 3. The standard InChI is InChI=1S/C10H5F7O3/c1-5(11)7(18)20-8(9(12,13)14,10(15,16)17)6-3-2-4-19-6/h2-4H,1H2. The Balaban J connectivity index is 3.52. The molecule has 0 aliphatic rings. The van der Waals surface area contributed by atoms with Gasteiger partial charge in [0, 0.05) is 0 Å². The van der Waals surface area contributed by atoms with Crippen molar-refractivity contribution in [1.29, 1.82) is 0 Å². The molecule has 0 saturated carbocycles. The number of hydrogen-bond donors (Lipinski definition) is 0. The molecule has 112 valence electrons. The molecule has 1 heterocycles. The van der Waals surface area contributed by atoms with Gasteiger partial charge in [0.1, 0.15) is 0 Å². The highest BCUT2D eigenvalue weighted by atomic mass is 19.4. The minimum atomic E-state index is -6.13. The van der Waals surface area contributed by atoms with E-state index in [9.17, 15) is 35.5 Å². The van der Waals surface area contributed by atoms with Crippen LogP contribution in [0.4, 0.5) is 30.7 Å². The van der Waals surface area contributed by atoms with Gasteiger partial charge in [0.2, 0.25) is 5.83 Å². The molecule has 0 saturated heterocycles. The van der Waals surface area contributed by atoms with Crippen molar-refractivity contribution in [2.24, 2.45) is 0 Å². The molecule has 1 rings (SSSR count). The van der Waals surface area contributed by atoms with Gasteiger partial charge in [-0.05, 0) is 12.1 Å². The quantitative estimate of drug-likeness (QED) is 0.486. The summed E-state index contributed by atoms with van der Waals surface area (Å²) in [6, 6.07) is 1.02. The van der Waals surface area contributed by atoms with Crippen molar-refractivity contribution >= 4 is 5.97 Å². The van der Waals surface area contributed by atoms with Gasteiger partial charge in [0.25, 0.3) is 0 Å². The van der Waals surface area contributed by atoms with Crippen molar-refractivity contribution in [3.05, 3.63) is 36.6 Å². The van der Waals surface area contributed by atoms with Crippen molar-refractivity contribution in [3.63, 3.8) is 0 Å². The zero-order chi connectivity index (χ0) is 15.8. The lowest BCUT2D eigenvalue weighted by atomic mass is 9.99. The summed E-state index contributed by atoms with van der Waals surface area (Å²) >= 11 is 0. The lowest BCUT2D eigenvalue weighted by Crippen LogP contribution is -2.56. The number of rotatable bonds is 3. The molecule has 10 heteroatoms. The van der Waals surface area contributed by atoms with E-state index < -0.39 is 35.5 Å². The molecular weight excluding hydrogens is 301 g/mol. The second-order valence-electron chi connectivity index (χ2n) is 3.45. The fourth-order valence-corrected chi connectivity index (χ4v) is 1.28. The molecule has 0 radical (unpaired) electrons. The van der Waals surface area contributed by atoms with E-state index in [1.807, 2.05) is 0 Å². The van der Waals surface area contributed by atoms with E-state index in [1.54, 1.807) is 0 Å². The summed E-state index contributed by atoms with van der Waals surface area (Å²) < 4.78 is 96.9. The Morgan fingerprint density at radius 2 is 1.65 bits per heavy atom. The molecule has 0 atom stereocenters. The Bertz CT molecular complexity index is 484. The summed E-state index contributed by atoms with van der Waals surface area (Å²) in [5.74, 6) is -6.38. The van der Waals surface area contributed by atoms with Crippen molar-refractivity contribution < 1.29 is 44.7 Å². The third kappa shape index (κ3) is 2.49. The van der Waals surface area contributed by atoms with Crippen LogP contribution in [0, 0.1) is 0 Å². The molecule has 0 unspecified atom stereocenters. The maximum absolute atomic E-state index is 12.8. The smallest absolute Gasteiger partial charge is 0.445 e. The van der Waals surface area contributed by atoms with E-state index in [4.69, 9.17) is 0 Å². The largest absolute Gasteiger partial charge is 0.464 e. The van der Waals surface area contributed by atoms with Crippen LogP contribution in [0.25, 0.3) is 0 Å². The number of carbonyl (C=O) groups is 1. The maximum atomic E-state index is 12.8. The summed E-state index contributed by atoms with van der Waals surface area (Å²) in [4.78, 5) is 10.8. The molecule has 3 nitrogen and oxygen atoms in total. The fourth-order valence-electron chi connectivity index (χ4n) is 1.28. The molecule has 0 spiro atoms. The lowest BCUT2D eigenvalue weighted by molar-refractivity contribution is -0.381. The Morgan fingerprint density at radius 3 is 1.95 bits per heavy atom. The number of alkyl halides is 6. The van der Waals surface area contributed by atoms with Crippen LogP contribution in [0.3, 0.4) is 0 Å². The van der Waals surface area contributed by atoms with Gasteiger partial charge in [0.15, 0.2) is 5.76 Å². The molecule has 0 aliphatic carbocycles. The fraction of sp³-hybridized carbons (Fsp3) is 0.300. The van der Waals surface area contributed by atoms with Crippen LogP contribution >= 0.6 is 0 Å². The van der Waals surface area contributed by atoms with Crippen LogP contribution < -0.4 is 0 Å². The third-order valence-electron chi connectivity index (χ3n) is 2.13. The topological polar surface area (TPSA) is 39.4 Å². The van der Waals surface area contributed by atoms with Gasteiger partial charge in [-0.25, -0.2) is 4.79 Å². The molecule has 0 fully saturated rings. The Hall–Kier alpha value is -2.00.